The van der Waals surface area contributed by atoms with Crippen molar-refractivity contribution in [2.24, 2.45) is 0 Å². The third-order valence-corrected chi connectivity index (χ3v) is 4.24. The zero-order valence-electron chi connectivity index (χ0n) is 12.1. The maximum absolute atomic E-state index is 13.5. The normalized spacial score (nSPS) is 11.2. The number of nitrogens with one attached hydrogen (secondary N) is 1. The molecule has 0 fully saturated rings. The number of benzene rings is 3. The highest BCUT2D eigenvalue weighted by Crippen LogP contribution is 2.31. The number of hydrogen-bond donors (Lipinski definition) is 1. The fourth-order valence-electron chi connectivity index (χ4n) is 2.70. The molecule has 23 heavy (non-hydrogen) atoms. The fourth-order valence-corrected chi connectivity index (χ4v) is 2.90. The molecule has 0 aliphatic heterocycles. The quantitative estimate of drug-likeness (QED) is 0.500. The van der Waals surface area contributed by atoms with E-state index in [4.69, 9.17) is 16.0 Å². The molecule has 4 rings (SSSR count). The topological polar surface area (TPSA) is 25.2 Å². The van der Waals surface area contributed by atoms with Crippen LogP contribution in [0.4, 0.5) is 10.1 Å². The first-order chi connectivity index (χ1) is 11.2. The smallest absolute Gasteiger partial charge is 0.135 e. The van der Waals surface area contributed by atoms with E-state index in [1.807, 2.05) is 42.5 Å². The maximum Gasteiger partial charge on any atom is 0.135 e. The van der Waals surface area contributed by atoms with Gasteiger partial charge in [-0.05, 0) is 48.0 Å². The molecule has 1 heterocycles. The van der Waals surface area contributed by atoms with Gasteiger partial charge in [-0.1, -0.05) is 29.8 Å². The van der Waals surface area contributed by atoms with Gasteiger partial charge in [-0.2, -0.15) is 0 Å². The summed E-state index contributed by atoms with van der Waals surface area (Å²) in [5.41, 5.74) is 3.39. The zero-order chi connectivity index (χ0) is 15.8. The highest BCUT2D eigenvalue weighted by molar-refractivity contribution is 6.31. The van der Waals surface area contributed by atoms with Crippen molar-refractivity contribution < 1.29 is 8.81 Å². The van der Waals surface area contributed by atoms with Gasteiger partial charge in [0.25, 0.3) is 0 Å². The average Bonchev–Trinajstić information content (AvgIpc) is 2.91. The molecule has 4 aromatic rings. The molecule has 0 spiro atoms. The van der Waals surface area contributed by atoms with Gasteiger partial charge in [0.15, 0.2) is 0 Å². The Bertz CT molecular complexity index is 1010. The van der Waals surface area contributed by atoms with Crippen LogP contribution in [-0.4, -0.2) is 0 Å². The zero-order valence-corrected chi connectivity index (χ0v) is 12.9. The molecule has 0 aliphatic carbocycles. The number of furan rings is 1. The van der Waals surface area contributed by atoms with Crippen LogP contribution in [0.1, 0.15) is 5.56 Å². The van der Waals surface area contributed by atoms with E-state index in [2.05, 4.69) is 5.32 Å². The van der Waals surface area contributed by atoms with Crippen LogP contribution in [0.25, 0.3) is 21.9 Å². The monoisotopic (exact) mass is 325 g/mol. The standard InChI is InChI=1S/C19H13ClFNO/c20-17-4-2-1-3-12(17)11-22-14-6-8-19-16(10-14)15-9-13(21)5-7-18(15)23-19/h1-10,22H,11H2. The van der Waals surface area contributed by atoms with Gasteiger partial charge in [-0.3, -0.25) is 0 Å². The Morgan fingerprint density at radius 1 is 0.913 bits per heavy atom. The van der Waals surface area contributed by atoms with Crippen molar-refractivity contribution in [3.8, 4) is 0 Å². The molecule has 4 heteroatoms. The molecule has 0 amide bonds. The minimum absolute atomic E-state index is 0.269. The van der Waals surface area contributed by atoms with Gasteiger partial charge in [0.1, 0.15) is 17.0 Å². The Hall–Kier alpha value is -2.52. The lowest BCUT2D eigenvalue weighted by molar-refractivity contribution is 0.626. The number of fused-ring (bicyclic) bond motifs is 3. The van der Waals surface area contributed by atoms with Crippen molar-refractivity contribution in [2.75, 3.05) is 5.32 Å². The van der Waals surface area contributed by atoms with E-state index >= 15 is 0 Å². The van der Waals surface area contributed by atoms with Crippen LogP contribution in [0.5, 0.6) is 0 Å². The van der Waals surface area contributed by atoms with Crippen LogP contribution in [0, 0.1) is 5.82 Å². The van der Waals surface area contributed by atoms with Gasteiger partial charge in [0.05, 0.1) is 0 Å². The molecule has 0 aliphatic rings. The number of hydrogen-bond acceptors (Lipinski definition) is 2. The molecule has 2 nitrogen and oxygen atoms in total. The van der Waals surface area contributed by atoms with Gasteiger partial charge in [0, 0.05) is 28.0 Å². The summed E-state index contributed by atoms with van der Waals surface area (Å²) in [6.45, 7) is 0.620. The summed E-state index contributed by atoms with van der Waals surface area (Å²) in [6, 6.07) is 18.1. The second-order valence-corrected chi connectivity index (χ2v) is 5.81. The molecule has 0 bridgehead atoms. The lowest BCUT2D eigenvalue weighted by Crippen LogP contribution is -1.99. The molecule has 0 saturated heterocycles. The van der Waals surface area contributed by atoms with Crippen LogP contribution in [0.2, 0.25) is 5.02 Å². The van der Waals surface area contributed by atoms with Crippen LogP contribution in [0.3, 0.4) is 0 Å². The van der Waals surface area contributed by atoms with Gasteiger partial charge < -0.3 is 9.73 Å². The van der Waals surface area contributed by atoms with Crippen LogP contribution >= 0.6 is 11.6 Å². The number of anilines is 1. The SMILES string of the molecule is Fc1ccc2oc3ccc(NCc4ccccc4Cl)cc3c2c1. The van der Waals surface area contributed by atoms with E-state index in [1.165, 1.54) is 12.1 Å². The summed E-state index contributed by atoms with van der Waals surface area (Å²) < 4.78 is 19.2. The Morgan fingerprint density at radius 2 is 1.65 bits per heavy atom. The molecular formula is C19H13ClFNO. The van der Waals surface area contributed by atoms with Crippen LogP contribution < -0.4 is 5.32 Å². The lowest BCUT2D eigenvalue weighted by Gasteiger charge is -2.08. The molecule has 0 saturated carbocycles. The third kappa shape index (κ3) is 2.64. The van der Waals surface area contributed by atoms with Crippen molar-refractivity contribution in [1.29, 1.82) is 0 Å². The molecule has 3 aromatic carbocycles. The second-order valence-electron chi connectivity index (χ2n) is 5.40. The maximum atomic E-state index is 13.5. The van der Waals surface area contributed by atoms with Crippen molar-refractivity contribution in [2.45, 2.75) is 6.54 Å². The van der Waals surface area contributed by atoms with Crippen molar-refractivity contribution in [1.82, 2.24) is 0 Å². The van der Waals surface area contributed by atoms with Gasteiger partial charge in [-0.25, -0.2) is 4.39 Å². The van der Waals surface area contributed by atoms with E-state index in [-0.39, 0.29) is 5.82 Å². The molecule has 1 N–H and O–H groups in total. The Balaban J connectivity index is 1.69. The minimum atomic E-state index is -0.269. The average molecular weight is 326 g/mol. The molecule has 0 unspecified atom stereocenters. The summed E-state index contributed by atoms with van der Waals surface area (Å²) in [4.78, 5) is 0. The summed E-state index contributed by atoms with van der Waals surface area (Å²) in [6.07, 6.45) is 0. The van der Waals surface area contributed by atoms with Crippen molar-refractivity contribution >= 4 is 39.2 Å². The van der Waals surface area contributed by atoms with E-state index in [0.29, 0.717) is 12.1 Å². The predicted octanol–water partition coefficient (Wildman–Crippen LogP) is 5.99. The highest BCUT2D eigenvalue weighted by Gasteiger charge is 2.08. The highest BCUT2D eigenvalue weighted by atomic mass is 35.5. The largest absolute Gasteiger partial charge is 0.456 e. The van der Waals surface area contributed by atoms with Crippen molar-refractivity contribution in [3.05, 3.63) is 77.1 Å². The first-order valence-corrected chi connectivity index (χ1v) is 7.67. The Labute approximate surface area is 137 Å². The van der Waals surface area contributed by atoms with Gasteiger partial charge in [0.2, 0.25) is 0 Å². The van der Waals surface area contributed by atoms with E-state index in [9.17, 15) is 4.39 Å². The van der Waals surface area contributed by atoms with Crippen molar-refractivity contribution in [3.63, 3.8) is 0 Å². The molecule has 114 valence electrons. The molecule has 0 radical (unpaired) electrons. The third-order valence-electron chi connectivity index (χ3n) is 3.87. The Morgan fingerprint density at radius 3 is 2.48 bits per heavy atom. The Kier molecular flexibility index (Phi) is 3.43. The first-order valence-electron chi connectivity index (χ1n) is 7.30. The second kappa shape index (κ2) is 5.60. The van der Waals surface area contributed by atoms with Gasteiger partial charge >= 0.3 is 0 Å². The summed E-state index contributed by atoms with van der Waals surface area (Å²) >= 11 is 6.17. The minimum Gasteiger partial charge on any atom is -0.456 e. The van der Waals surface area contributed by atoms with E-state index in [0.717, 1.165) is 32.6 Å². The summed E-state index contributed by atoms with van der Waals surface area (Å²) in [7, 11) is 0. The van der Waals surface area contributed by atoms with E-state index in [1.54, 1.807) is 6.07 Å². The molecule has 0 atom stereocenters. The van der Waals surface area contributed by atoms with Crippen LogP contribution in [-0.2, 0) is 6.54 Å². The predicted molar refractivity (Wildman–Crippen MR) is 92.5 cm³/mol. The van der Waals surface area contributed by atoms with Crippen LogP contribution in [0.15, 0.2) is 65.1 Å². The fraction of sp³-hybridized carbons (Fsp3) is 0.0526. The number of halogens is 2. The first kappa shape index (κ1) is 14.1. The van der Waals surface area contributed by atoms with E-state index < -0.39 is 0 Å². The number of rotatable bonds is 3. The van der Waals surface area contributed by atoms with Gasteiger partial charge in [-0.15, -0.1) is 0 Å². The lowest BCUT2D eigenvalue weighted by atomic mass is 10.1. The molecular weight excluding hydrogens is 313 g/mol. The molecule has 1 aromatic heterocycles. The summed E-state index contributed by atoms with van der Waals surface area (Å²) in [5.74, 6) is -0.269. The summed E-state index contributed by atoms with van der Waals surface area (Å²) in [5, 5.41) is 5.75.